The predicted molar refractivity (Wildman–Crippen MR) is 87.5 cm³/mol. The van der Waals surface area contributed by atoms with Gasteiger partial charge < -0.3 is 14.2 Å². The molecule has 20 heavy (non-hydrogen) atoms. The number of alkyl halides is 3. The highest BCUT2D eigenvalue weighted by molar-refractivity contribution is 9.26. The van der Waals surface area contributed by atoms with Gasteiger partial charge >= 0.3 is 5.97 Å². The van der Waals surface area contributed by atoms with E-state index >= 15 is 0 Å². The van der Waals surface area contributed by atoms with E-state index in [0.717, 1.165) is 6.08 Å². The highest BCUT2D eigenvalue weighted by Crippen LogP contribution is 2.37. The number of benzene rings is 1. The van der Waals surface area contributed by atoms with Gasteiger partial charge in [0.15, 0.2) is 0 Å². The molecule has 0 N–H and O–H groups in total. The van der Waals surface area contributed by atoms with Crippen LogP contribution in [-0.2, 0) is 14.3 Å². The van der Waals surface area contributed by atoms with Gasteiger partial charge in [0.05, 0.1) is 6.61 Å². The molecule has 0 bridgehead atoms. The van der Waals surface area contributed by atoms with Gasteiger partial charge in [0.1, 0.15) is 12.4 Å². The summed E-state index contributed by atoms with van der Waals surface area (Å²) < 4.78 is 15.0. The molecular weight excluding hydrogens is 460 g/mol. The van der Waals surface area contributed by atoms with Crippen molar-refractivity contribution in [2.24, 2.45) is 0 Å². The van der Waals surface area contributed by atoms with E-state index in [9.17, 15) is 4.79 Å². The van der Waals surface area contributed by atoms with E-state index in [-0.39, 0.29) is 13.2 Å². The van der Waals surface area contributed by atoms with Gasteiger partial charge in [-0.05, 0) is 59.9 Å². The molecule has 0 heterocycles. The summed E-state index contributed by atoms with van der Waals surface area (Å²) >= 11 is 10.1. The van der Waals surface area contributed by atoms with Crippen LogP contribution < -0.4 is 4.74 Å². The lowest BCUT2D eigenvalue weighted by Gasteiger charge is -2.27. The van der Waals surface area contributed by atoms with E-state index in [1.54, 1.807) is 0 Å². The Morgan fingerprint density at radius 2 is 1.95 bits per heavy atom. The summed E-state index contributed by atoms with van der Waals surface area (Å²) in [6.45, 7) is 3.61. The van der Waals surface area contributed by atoms with Crippen LogP contribution in [0.2, 0.25) is 0 Å². The third kappa shape index (κ3) is 6.39. The number of para-hydroxylation sites is 1. The molecule has 0 aliphatic rings. The molecule has 4 nitrogen and oxygen atoms in total. The lowest BCUT2D eigenvalue weighted by molar-refractivity contribution is -0.139. The SMILES string of the molecule is C=CC(=O)OCCOC(Br)(Br)C(Br)Oc1ccccc1. The minimum atomic E-state index is -0.948. The van der Waals surface area contributed by atoms with Crippen LogP contribution in [0.4, 0.5) is 0 Å². The molecule has 0 spiro atoms. The molecular formula is C13H13Br3O4. The van der Waals surface area contributed by atoms with Crippen LogP contribution in [0.1, 0.15) is 0 Å². The van der Waals surface area contributed by atoms with Crippen LogP contribution in [0.5, 0.6) is 5.75 Å². The van der Waals surface area contributed by atoms with E-state index < -0.39 is 14.4 Å². The highest BCUT2D eigenvalue weighted by Gasteiger charge is 2.35. The third-order valence-corrected chi connectivity index (χ3v) is 5.39. The Labute approximate surface area is 142 Å². The lowest BCUT2D eigenvalue weighted by Crippen LogP contribution is -2.34. The van der Waals surface area contributed by atoms with Crippen molar-refractivity contribution in [2.45, 2.75) is 8.43 Å². The molecule has 1 aromatic rings. The van der Waals surface area contributed by atoms with Gasteiger partial charge in [-0.15, -0.1) is 0 Å². The first-order valence-corrected chi connectivity index (χ1v) is 8.12. The van der Waals surface area contributed by atoms with Crippen molar-refractivity contribution in [3.63, 3.8) is 0 Å². The summed E-state index contributed by atoms with van der Waals surface area (Å²) in [5, 5.41) is -0.493. The fourth-order valence-electron chi connectivity index (χ4n) is 1.13. The van der Waals surface area contributed by atoms with E-state index in [1.165, 1.54) is 0 Å². The average molecular weight is 473 g/mol. The van der Waals surface area contributed by atoms with E-state index in [4.69, 9.17) is 14.2 Å². The summed E-state index contributed by atoms with van der Waals surface area (Å²) in [5.41, 5.74) is 0. The Balaban J connectivity index is 2.38. The normalized spacial score (nSPS) is 12.6. The molecule has 1 unspecified atom stereocenters. The summed E-state index contributed by atoms with van der Waals surface area (Å²) in [7, 11) is 0. The molecule has 110 valence electrons. The average Bonchev–Trinajstić information content (AvgIpc) is 2.44. The molecule has 1 aromatic carbocycles. The summed E-state index contributed by atoms with van der Waals surface area (Å²) in [6.07, 6.45) is 1.10. The number of hydrogen-bond donors (Lipinski definition) is 0. The molecule has 0 radical (unpaired) electrons. The van der Waals surface area contributed by atoms with Gasteiger partial charge in [-0.2, -0.15) is 0 Å². The second-order valence-corrected chi connectivity index (χ2v) is 7.78. The van der Waals surface area contributed by atoms with Crippen molar-refractivity contribution in [3.05, 3.63) is 43.0 Å². The maximum atomic E-state index is 10.9. The molecule has 0 saturated carbocycles. The number of ether oxygens (including phenoxy) is 3. The second kappa shape index (κ2) is 8.81. The number of carbonyl (C=O) groups excluding carboxylic acids is 1. The van der Waals surface area contributed by atoms with Crippen molar-refractivity contribution >= 4 is 53.8 Å². The van der Waals surface area contributed by atoms with Gasteiger partial charge in [0, 0.05) is 6.08 Å². The second-order valence-electron chi connectivity index (χ2n) is 3.53. The van der Waals surface area contributed by atoms with Crippen molar-refractivity contribution in [1.82, 2.24) is 0 Å². The molecule has 1 rings (SSSR count). The van der Waals surface area contributed by atoms with E-state index in [2.05, 4.69) is 54.4 Å². The first-order valence-electron chi connectivity index (χ1n) is 5.62. The zero-order chi connectivity index (χ0) is 15.0. The molecule has 0 saturated heterocycles. The number of rotatable bonds is 8. The molecule has 0 fully saturated rings. The number of esters is 1. The molecule has 7 heteroatoms. The minimum absolute atomic E-state index is 0.120. The van der Waals surface area contributed by atoms with Gasteiger partial charge in [-0.1, -0.05) is 24.8 Å². The summed E-state index contributed by atoms with van der Waals surface area (Å²) in [4.78, 5) is 10.9. The Hall–Kier alpha value is -0.370. The summed E-state index contributed by atoms with van der Waals surface area (Å²) in [5.74, 6) is 0.207. The van der Waals surface area contributed by atoms with Crippen LogP contribution in [0.3, 0.4) is 0 Å². The monoisotopic (exact) mass is 470 g/mol. The van der Waals surface area contributed by atoms with Gasteiger partial charge in [-0.25, -0.2) is 4.79 Å². The fraction of sp³-hybridized carbons (Fsp3) is 0.308. The molecule has 0 aliphatic heterocycles. The highest BCUT2D eigenvalue weighted by atomic mass is 79.9. The maximum absolute atomic E-state index is 10.9. The minimum Gasteiger partial charge on any atom is -0.474 e. The smallest absolute Gasteiger partial charge is 0.330 e. The van der Waals surface area contributed by atoms with Gasteiger partial charge in [0.2, 0.25) is 8.43 Å². The zero-order valence-electron chi connectivity index (χ0n) is 10.4. The predicted octanol–water partition coefficient (Wildman–Crippen LogP) is 3.98. The largest absolute Gasteiger partial charge is 0.474 e. The Kier molecular flexibility index (Phi) is 7.79. The number of halogens is 3. The first kappa shape index (κ1) is 17.7. The fourth-order valence-corrected chi connectivity index (χ4v) is 1.99. The van der Waals surface area contributed by atoms with Crippen molar-refractivity contribution in [1.29, 1.82) is 0 Å². The topological polar surface area (TPSA) is 44.8 Å². The van der Waals surface area contributed by atoms with Crippen LogP contribution in [-0.4, -0.2) is 27.6 Å². The number of hydrogen-bond acceptors (Lipinski definition) is 4. The van der Waals surface area contributed by atoms with Crippen molar-refractivity contribution < 1.29 is 19.0 Å². The van der Waals surface area contributed by atoms with Crippen molar-refractivity contribution in [3.8, 4) is 5.75 Å². The standard InChI is InChI=1S/C13H13Br3O4/c1-2-11(17)18-8-9-19-13(15,16)12(14)20-10-6-4-3-5-7-10/h2-7,12H,1,8-9H2. The first-order chi connectivity index (χ1) is 9.45. The van der Waals surface area contributed by atoms with Crippen molar-refractivity contribution in [2.75, 3.05) is 13.2 Å². The van der Waals surface area contributed by atoms with Gasteiger partial charge in [-0.3, -0.25) is 0 Å². The van der Waals surface area contributed by atoms with E-state index in [0.29, 0.717) is 5.75 Å². The Morgan fingerprint density at radius 1 is 1.30 bits per heavy atom. The maximum Gasteiger partial charge on any atom is 0.330 e. The Bertz CT molecular complexity index is 437. The molecule has 0 aliphatic carbocycles. The molecule has 1 atom stereocenters. The Morgan fingerprint density at radius 3 is 2.55 bits per heavy atom. The van der Waals surface area contributed by atoms with E-state index in [1.807, 2.05) is 30.3 Å². The van der Waals surface area contributed by atoms with Gasteiger partial charge in [0.25, 0.3) is 0 Å². The van der Waals surface area contributed by atoms with Crippen LogP contribution >= 0.6 is 47.8 Å². The zero-order valence-corrected chi connectivity index (χ0v) is 15.2. The van der Waals surface area contributed by atoms with Crippen LogP contribution in [0.25, 0.3) is 0 Å². The summed E-state index contributed by atoms with van der Waals surface area (Å²) in [6, 6.07) is 9.30. The van der Waals surface area contributed by atoms with Crippen LogP contribution in [0.15, 0.2) is 43.0 Å². The van der Waals surface area contributed by atoms with Crippen LogP contribution in [0, 0.1) is 0 Å². The lowest BCUT2D eigenvalue weighted by atomic mass is 10.3. The third-order valence-electron chi connectivity index (χ3n) is 2.04. The molecule has 0 aromatic heterocycles. The quantitative estimate of drug-likeness (QED) is 0.248. The number of carbonyl (C=O) groups is 1. The molecule has 0 amide bonds.